The van der Waals surface area contributed by atoms with E-state index in [9.17, 15) is 9.59 Å². The molecule has 142 valence electrons. The van der Waals surface area contributed by atoms with Gasteiger partial charge in [-0.1, -0.05) is 40.2 Å². The minimum Gasteiger partial charge on any atom is -0.370 e. The van der Waals surface area contributed by atoms with Crippen LogP contribution in [0.15, 0.2) is 53.0 Å². The number of carbonyl (C=O) groups excluding carboxylic acids is 2. The maximum Gasteiger partial charge on any atom is 0.312 e. The Morgan fingerprint density at radius 3 is 2.56 bits per heavy atom. The first-order valence-corrected chi connectivity index (χ1v) is 9.77. The molecule has 1 heterocycles. The fourth-order valence-corrected chi connectivity index (χ4v) is 3.76. The van der Waals surface area contributed by atoms with E-state index in [1.807, 2.05) is 48.5 Å². The number of amides is 3. The van der Waals surface area contributed by atoms with Crippen LogP contribution in [-0.4, -0.2) is 25.0 Å². The Balaban J connectivity index is 1.74. The summed E-state index contributed by atoms with van der Waals surface area (Å²) in [6.07, 6.45) is 2.42. The monoisotopic (exact) mass is 430 g/mol. The number of hydrogen-bond acceptors (Lipinski definition) is 3. The summed E-state index contributed by atoms with van der Waals surface area (Å²) >= 11 is 3.41. The summed E-state index contributed by atoms with van der Waals surface area (Å²) in [5.41, 5.74) is 7.94. The van der Waals surface area contributed by atoms with Crippen molar-refractivity contribution in [3.05, 3.63) is 58.6 Å². The first kappa shape index (κ1) is 19.2. The number of primary amides is 1. The van der Waals surface area contributed by atoms with E-state index in [1.54, 1.807) is 0 Å². The van der Waals surface area contributed by atoms with Crippen LogP contribution in [-0.2, 0) is 4.79 Å². The third kappa shape index (κ3) is 5.23. The van der Waals surface area contributed by atoms with Crippen LogP contribution in [0.25, 0.3) is 0 Å². The van der Waals surface area contributed by atoms with Gasteiger partial charge in [-0.2, -0.15) is 0 Å². The molecular formula is C20H23BrN4O2. The smallest absolute Gasteiger partial charge is 0.312 e. The highest BCUT2D eigenvalue weighted by atomic mass is 79.9. The third-order valence-electron chi connectivity index (χ3n) is 4.58. The number of anilines is 2. The molecule has 3 amide bonds. The summed E-state index contributed by atoms with van der Waals surface area (Å²) in [7, 11) is 0. The van der Waals surface area contributed by atoms with E-state index in [0.717, 1.165) is 47.3 Å². The predicted octanol–water partition coefficient (Wildman–Crippen LogP) is 3.79. The van der Waals surface area contributed by atoms with E-state index < -0.39 is 12.1 Å². The van der Waals surface area contributed by atoms with Crippen molar-refractivity contribution in [3.8, 4) is 0 Å². The van der Waals surface area contributed by atoms with E-state index in [4.69, 9.17) is 5.73 Å². The van der Waals surface area contributed by atoms with Gasteiger partial charge in [-0.3, -0.25) is 4.79 Å². The van der Waals surface area contributed by atoms with E-state index in [-0.39, 0.29) is 12.3 Å². The Labute approximate surface area is 167 Å². The highest BCUT2D eigenvalue weighted by Gasteiger charge is 2.20. The molecule has 1 fully saturated rings. The molecule has 0 unspecified atom stereocenters. The van der Waals surface area contributed by atoms with Gasteiger partial charge >= 0.3 is 6.03 Å². The zero-order chi connectivity index (χ0) is 19.2. The first-order chi connectivity index (χ1) is 13.0. The van der Waals surface area contributed by atoms with E-state index in [0.29, 0.717) is 0 Å². The number of hydrogen-bond donors (Lipinski definition) is 3. The molecule has 4 N–H and O–H groups in total. The molecule has 0 saturated carbocycles. The molecule has 6 nitrogen and oxygen atoms in total. The molecule has 27 heavy (non-hydrogen) atoms. The molecule has 2 aromatic rings. The highest BCUT2D eigenvalue weighted by molar-refractivity contribution is 9.10. The Morgan fingerprint density at radius 1 is 1.11 bits per heavy atom. The number of rotatable bonds is 6. The second-order valence-electron chi connectivity index (χ2n) is 6.58. The number of halogens is 1. The van der Waals surface area contributed by atoms with Crippen molar-refractivity contribution in [1.29, 1.82) is 0 Å². The second kappa shape index (κ2) is 8.90. The Hall–Kier alpha value is -2.54. The average Bonchev–Trinajstić information content (AvgIpc) is 3.15. The van der Waals surface area contributed by atoms with Crippen LogP contribution in [0, 0.1) is 0 Å². The lowest BCUT2D eigenvalue weighted by Crippen LogP contribution is -2.35. The minimum absolute atomic E-state index is 0.0910. The third-order valence-corrected chi connectivity index (χ3v) is 5.08. The van der Waals surface area contributed by atoms with Crippen LogP contribution in [0.1, 0.15) is 30.9 Å². The summed E-state index contributed by atoms with van der Waals surface area (Å²) in [4.78, 5) is 26.4. The molecule has 0 bridgehead atoms. The van der Waals surface area contributed by atoms with E-state index >= 15 is 0 Å². The molecular weight excluding hydrogens is 408 g/mol. The van der Waals surface area contributed by atoms with Crippen molar-refractivity contribution >= 4 is 39.2 Å². The second-order valence-corrected chi connectivity index (χ2v) is 7.50. The fraction of sp³-hybridized carbons (Fsp3) is 0.300. The van der Waals surface area contributed by atoms with Crippen LogP contribution in [0.2, 0.25) is 0 Å². The van der Waals surface area contributed by atoms with Gasteiger partial charge in [-0.05, 0) is 42.7 Å². The van der Waals surface area contributed by atoms with Crippen molar-refractivity contribution < 1.29 is 9.59 Å². The van der Waals surface area contributed by atoms with Crippen LogP contribution in [0.3, 0.4) is 0 Å². The zero-order valence-corrected chi connectivity index (χ0v) is 16.5. The number of nitrogens with zero attached hydrogens (tertiary/aromatic N) is 1. The SMILES string of the molecule is NC(=O)N[C@@H](CC(=O)Nc1ccccc1N1CCCC1)c1cccc(Br)c1. The summed E-state index contributed by atoms with van der Waals surface area (Å²) in [5.74, 6) is -0.180. The molecule has 0 aliphatic carbocycles. The summed E-state index contributed by atoms with van der Waals surface area (Å²) in [6.45, 7) is 1.99. The standard InChI is InChI=1S/C20H23BrN4O2/c21-15-7-5-6-14(12-15)17(24-20(22)27)13-19(26)23-16-8-1-2-9-18(16)25-10-3-4-11-25/h1-2,5-9,12,17H,3-4,10-11,13H2,(H,23,26)(H3,22,24,27)/t17-/m0/s1. The largest absolute Gasteiger partial charge is 0.370 e. The van der Waals surface area contributed by atoms with Gasteiger partial charge in [0.05, 0.1) is 23.8 Å². The molecule has 2 aromatic carbocycles. The zero-order valence-electron chi connectivity index (χ0n) is 15.0. The van der Waals surface area contributed by atoms with Gasteiger partial charge in [0, 0.05) is 17.6 Å². The van der Waals surface area contributed by atoms with Crippen LogP contribution < -0.4 is 21.3 Å². The molecule has 0 aromatic heterocycles. The van der Waals surface area contributed by atoms with Gasteiger partial charge in [-0.25, -0.2) is 4.79 Å². The van der Waals surface area contributed by atoms with Crippen molar-refractivity contribution in [2.24, 2.45) is 5.73 Å². The van der Waals surface area contributed by atoms with Crippen molar-refractivity contribution in [1.82, 2.24) is 5.32 Å². The molecule has 3 rings (SSSR count). The van der Waals surface area contributed by atoms with E-state index in [1.165, 1.54) is 0 Å². The van der Waals surface area contributed by atoms with Crippen LogP contribution >= 0.6 is 15.9 Å². The summed E-state index contributed by atoms with van der Waals surface area (Å²) in [6, 6.07) is 14.1. The van der Waals surface area contributed by atoms with Crippen molar-refractivity contribution in [2.75, 3.05) is 23.3 Å². The average molecular weight is 431 g/mol. The van der Waals surface area contributed by atoms with Gasteiger partial charge < -0.3 is 21.3 Å². The predicted molar refractivity (Wildman–Crippen MR) is 111 cm³/mol. The van der Waals surface area contributed by atoms with Crippen LogP contribution in [0.4, 0.5) is 16.2 Å². The summed E-state index contributed by atoms with van der Waals surface area (Å²) < 4.78 is 0.871. The highest BCUT2D eigenvalue weighted by Crippen LogP contribution is 2.29. The topological polar surface area (TPSA) is 87.5 Å². The molecule has 1 aliphatic heterocycles. The Bertz CT molecular complexity index is 821. The van der Waals surface area contributed by atoms with Gasteiger partial charge in [-0.15, -0.1) is 0 Å². The quantitative estimate of drug-likeness (QED) is 0.651. The molecule has 1 aliphatic rings. The van der Waals surface area contributed by atoms with Gasteiger partial charge in [0.25, 0.3) is 0 Å². The maximum atomic E-state index is 12.7. The lowest BCUT2D eigenvalue weighted by Gasteiger charge is -2.22. The lowest BCUT2D eigenvalue weighted by atomic mass is 10.0. The molecule has 1 saturated heterocycles. The number of nitrogens with one attached hydrogen (secondary N) is 2. The number of nitrogens with two attached hydrogens (primary N) is 1. The van der Waals surface area contributed by atoms with Gasteiger partial charge in [0.15, 0.2) is 0 Å². The first-order valence-electron chi connectivity index (χ1n) is 8.98. The molecule has 0 radical (unpaired) electrons. The lowest BCUT2D eigenvalue weighted by molar-refractivity contribution is -0.116. The van der Waals surface area contributed by atoms with E-state index in [2.05, 4.69) is 31.5 Å². The molecule has 1 atom stereocenters. The summed E-state index contributed by atoms with van der Waals surface area (Å²) in [5, 5.41) is 5.65. The molecule has 0 spiro atoms. The maximum absolute atomic E-state index is 12.7. The fourth-order valence-electron chi connectivity index (χ4n) is 3.35. The molecule has 7 heteroatoms. The Morgan fingerprint density at radius 2 is 1.85 bits per heavy atom. The number of para-hydroxylation sites is 2. The van der Waals surface area contributed by atoms with Crippen molar-refractivity contribution in [3.63, 3.8) is 0 Å². The number of benzene rings is 2. The number of urea groups is 1. The number of carbonyl (C=O) groups is 2. The Kier molecular flexibility index (Phi) is 6.34. The van der Waals surface area contributed by atoms with Crippen LogP contribution in [0.5, 0.6) is 0 Å². The minimum atomic E-state index is -0.662. The van der Waals surface area contributed by atoms with Gasteiger partial charge in [0.1, 0.15) is 0 Å². The van der Waals surface area contributed by atoms with Crippen molar-refractivity contribution in [2.45, 2.75) is 25.3 Å². The van der Waals surface area contributed by atoms with Gasteiger partial charge in [0.2, 0.25) is 5.91 Å². The normalized spacial score (nSPS) is 14.6.